The van der Waals surface area contributed by atoms with Gasteiger partial charge in [0.15, 0.2) is 5.78 Å². The molecule has 0 bridgehead atoms. The number of pyridine rings is 1. The average Bonchev–Trinajstić information content (AvgIpc) is 3.28. The first-order valence-electron chi connectivity index (χ1n) is 12.3. The van der Waals surface area contributed by atoms with Crippen molar-refractivity contribution in [2.45, 2.75) is 19.9 Å². The molecule has 1 unspecified atom stereocenters. The Morgan fingerprint density at radius 1 is 0.868 bits per heavy atom. The number of carbonyl (C=O) groups excluding carboxylic acids is 1. The minimum absolute atomic E-state index is 0.101. The van der Waals surface area contributed by atoms with E-state index in [9.17, 15) is 14.7 Å². The first-order valence-corrected chi connectivity index (χ1v) is 12.3. The Morgan fingerprint density at radius 3 is 2.16 bits per heavy atom. The molecular formula is C32H27N3O3. The van der Waals surface area contributed by atoms with Crippen LogP contribution in [-0.2, 0) is 4.79 Å². The van der Waals surface area contributed by atoms with Gasteiger partial charge in [0, 0.05) is 34.6 Å². The zero-order chi connectivity index (χ0) is 26.8. The molecule has 2 heterocycles. The van der Waals surface area contributed by atoms with Crippen LogP contribution in [0.3, 0.4) is 0 Å². The summed E-state index contributed by atoms with van der Waals surface area (Å²) in [5.74, 6) is -1.07. The lowest BCUT2D eigenvalue weighted by molar-refractivity contribution is -0.111. The van der Waals surface area contributed by atoms with Crippen LogP contribution in [0.5, 0.6) is 0 Å². The monoisotopic (exact) mass is 501 g/mol. The van der Waals surface area contributed by atoms with Crippen molar-refractivity contribution in [2.24, 2.45) is 5.73 Å². The van der Waals surface area contributed by atoms with E-state index in [-0.39, 0.29) is 17.4 Å². The molecule has 3 aromatic carbocycles. The van der Waals surface area contributed by atoms with Crippen LogP contribution < -0.4 is 5.73 Å². The van der Waals surface area contributed by atoms with Crippen LogP contribution in [0.25, 0.3) is 27.6 Å². The Morgan fingerprint density at radius 2 is 1.55 bits per heavy atom. The van der Waals surface area contributed by atoms with Crippen LogP contribution in [0.1, 0.15) is 47.1 Å². The number of benzene rings is 3. The Bertz CT molecular complexity index is 1620. The molecule has 1 atom stereocenters. The molecule has 0 aliphatic rings. The van der Waals surface area contributed by atoms with Gasteiger partial charge in [-0.25, -0.2) is 4.79 Å². The Labute approximate surface area is 220 Å². The van der Waals surface area contributed by atoms with Crippen molar-refractivity contribution in [3.63, 3.8) is 0 Å². The quantitative estimate of drug-likeness (QED) is 0.254. The number of allylic oxidation sites excluding steroid dienone is 2. The highest BCUT2D eigenvalue weighted by atomic mass is 16.4. The molecule has 188 valence electrons. The van der Waals surface area contributed by atoms with Crippen LogP contribution >= 0.6 is 0 Å². The van der Waals surface area contributed by atoms with Crippen molar-refractivity contribution in [3.8, 4) is 11.1 Å². The van der Waals surface area contributed by atoms with Crippen molar-refractivity contribution in [1.29, 1.82) is 0 Å². The molecular weight excluding hydrogens is 474 g/mol. The average molecular weight is 502 g/mol. The maximum atomic E-state index is 12.5. The van der Waals surface area contributed by atoms with Gasteiger partial charge in [-0.15, -0.1) is 0 Å². The summed E-state index contributed by atoms with van der Waals surface area (Å²) in [5, 5.41) is 10.3. The number of hydrogen-bond acceptors (Lipinski definition) is 4. The summed E-state index contributed by atoms with van der Waals surface area (Å²) in [5.41, 5.74) is 12.7. The first-order chi connectivity index (χ1) is 18.3. The molecule has 0 amide bonds. The van der Waals surface area contributed by atoms with E-state index in [1.165, 1.54) is 6.92 Å². The minimum Gasteiger partial charge on any atom is -0.478 e. The number of nitrogens with zero attached hydrogens (tertiary/aromatic N) is 2. The molecule has 0 radical (unpaired) electrons. The summed E-state index contributed by atoms with van der Waals surface area (Å²) >= 11 is 0. The van der Waals surface area contributed by atoms with Crippen molar-refractivity contribution in [3.05, 3.63) is 131 Å². The van der Waals surface area contributed by atoms with E-state index in [0.29, 0.717) is 11.3 Å². The molecule has 2 aromatic heterocycles. The smallest absolute Gasteiger partial charge is 0.335 e. The van der Waals surface area contributed by atoms with Gasteiger partial charge in [-0.1, -0.05) is 60.7 Å². The van der Waals surface area contributed by atoms with Crippen LogP contribution in [0.15, 0.2) is 109 Å². The highest BCUT2D eigenvalue weighted by molar-refractivity contribution is 6.21. The van der Waals surface area contributed by atoms with Crippen molar-refractivity contribution >= 4 is 28.2 Å². The Kier molecular flexibility index (Phi) is 6.62. The summed E-state index contributed by atoms with van der Waals surface area (Å²) in [7, 11) is 0. The fourth-order valence-corrected chi connectivity index (χ4v) is 5.00. The second-order valence-electron chi connectivity index (χ2n) is 9.25. The molecule has 5 aromatic rings. The second kappa shape index (κ2) is 10.2. The van der Waals surface area contributed by atoms with E-state index in [0.717, 1.165) is 38.9 Å². The molecule has 3 N–H and O–H groups in total. The number of carbonyl (C=O) groups is 2. The SMILES string of the molecule is CC(=O)/C(=C(/C)N)c1ccc2c(-c3ccc(C(=O)O)cc3)cn(C(c3ccccc3)c3ccccn3)c2c1. The molecule has 5 rings (SSSR count). The first kappa shape index (κ1) is 24.7. The van der Waals surface area contributed by atoms with Gasteiger partial charge < -0.3 is 15.4 Å². The predicted molar refractivity (Wildman–Crippen MR) is 150 cm³/mol. The van der Waals surface area contributed by atoms with Crippen LogP contribution in [0, 0.1) is 0 Å². The van der Waals surface area contributed by atoms with Gasteiger partial charge in [-0.05, 0) is 60.9 Å². The van der Waals surface area contributed by atoms with Crippen molar-refractivity contribution in [1.82, 2.24) is 9.55 Å². The highest BCUT2D eigenvalue weighted by Crippen LogP contribution is 2.38. The summed E-state index contributed by atoms with van der Waals surface area (Å²) in [4.78, 5) is 28.6. The molecule has 0 fully saturated rings. The Hall–Kier alpha value is -4.97. The second-order valence-corrected chi connectivity index (χ2v) is 9.25. The maximum Gasteiger partial charge on any atom is 0.335 e. The summed E-state index contributed by atoms with van der Waals surface area (Å²) in [6, 6.07) is 28.5. The summed E-state index contributed by atoms with van der Waals surface area (Å²) in [6.45, 7) is 3.25. The third-order valence-electron chi connectivity index (χ3n) is 6.67. The van der Waals surface area contributed by atoms with Gasteiger partial charge in [0.2, 0.25) is 0 Å². The van der Waals surface area contributed by atoms with Gasteiger partial charge in [0.05, 0.1) is 16.8 Å². The van der Waals surface area contributed by atoms with E-state index < -0.39 is 5.97 Å². The number of carboxylic acids is 1. The number of rotatable bonds is 7. The molecule has 0 aliphatic carbocycles. The van der Waals surface area contributed by atoms with E-state index in [4.69, 9.17) is 10.7 Å². The van der Waals surface area contributed by atoms with Crippen LogP contribution in [0.2, 0.25) is 0 Å². The molecule has 6 nitrogen and oxygen atoms in total. The van der Waals surface area contributed by atoms with Crippen LogP contribution in [0.4, 0.5) is 0 Å². The van der Waals surface area contributed by atoms with E-state index in [1.807, 2.05) is 66.7 Å². The zero-order valence-electron chi connectivity index (χ0n) is 21.1. The van der Waals surface area contributed by atoms with Crippen LogP contribution in [-0.4, -0.2) is 26.4 Å². The molecule has 0 aliphatic heterocycles. The van der Waals surface area contributed by atoms with Gasteiger partial charge in [-0.3, -0.25) is 9.78 Å². The molecule has 0 saturated heterocycles. The molecule has 6 heteroatoms. The number of aromatic carboxylic acids is 1. The molecule has 0 saturated carbocycles. The lowest BCUT2D eigenvalue weighted by Crippen LogP contribution is -2.13. The summed E-state index contributed by atoms with van der Waals surface area (Å²) < 4.78 is 2.17. The topological polar surface area (TPSA) is 98.2 Å². The normalized spacial score (nSPS) is 12.7. The summed E-state index contributed by atoms with van der Waals surface area (Å²) in [6.07, 6.45) is 3.85. The maximum absolute atomic E-state index is 12.5. The standard InChI is InChI=1S/C32H27N3O3/c1-20(33)30(21(2)36)25-15-16-26-27(22-11-13-24(14-12-22)32(37)38)19-35(29(26)18-25)31(23-8-4-3-5-9-23)28-10-6-7-17-34-28/h3-19,31H,33H2,1-2H3,(H,37,38)/b30-20+. The van der Waals surface area contributed by atoms with E-state index in [1.54, 1.807) is 25.3 Å². The fourth-order valence-electron chi connectivity index (χ4n) is 5.00. The van der Waals surface area contributed by atoms with Gasteiger partial charge in [-0.2, -0.15) is 0 Å². The lowest BCUT2D eigenvalue weighted by atomic mass is 9.97. The van der Waals surface area contributed by atoms with Gasteiger partial charge >= 0.3 is 5.97 Å². The number of ketones is 1. The number of aromatic nitrogens is 2. The van der Waals surface area contributed by atoms with Gasteiger partial charge in [0.1, 0.15) is 6.04 Å². The number of carboxylic acid groups (broad SMARTS) is 1. The molecule has 0 spiro atoms. The van der Waals surface area contributed by atoms with Crippen molar-refractivity contribution in [2.75, 3.05) is 0 Å². The largest absolute Gasteiger partial charge is 0.478 e. The van der Waals surface area contributed by atoms with Gasteiger partial charge in [0.25, 0.3) is 0 Å². The van der Waals surface area contributed by atoms with E-state index >= 15 is 0 Å². The third kappa shape index (κ3) is 4.60. The zero-order valence-corrected chi connectivity index (χ0v) is 21.1. The number of fused-ring (bicyclic) bond motifs is 1. The van der Waals surface area contributed by atoms with E-state index in [2.05, 4.69) is 22.9 Å². The number of Topliss-reactive ketones (excluding diaryl/α,β-unsaturated/α-hetero) is 1. The van der Waals surface area contributed by atoms with Crippen molar-refractivity contribution < 1.29 is 14.7 Å². The Balaban J connectivity index is 1.82. The molecule has 38 heavy (non-hydrogen) atoms. The number of hydrogen-bond donors (Lipinski definition) is 2. The third-order valence-corrected chi connectivity index (χ3v) is 6.67. The highest BCUT2D eigenvalue weighted by Gasteiger charge is 2.23. The number of nitrogens with two attached hydrogens (primary N) is 1. The fraction of sp³-hybridized carbons (Fsp3) is 0.0938. The minimum atomic E-state index is -0.969. The predicted octanol–water partition coefficient (Wildman–Crippen LogP) is 6.32. The lowest BCUT2D eigenvalue weighted by Gasteiger charge is -2.21.